The normalized spacial score (nSPS) is 34.1. The molecule has 2 heterocycles. The number of hydrogen-bond donors (Lipinski definition) is 0. The zero-order valence-corrected chi connectivity index (χ0v) is 17.0. The van der Waals surface area contributed by atoms with E-state index in [0.717, 1.165) is 11.1 Å². The second-order valence-electron chi connectivity index (χ2n) is 7.50. The fraction of sp³-hybridized carbons (Fsp3) is 0.478. The van der Waals surface area contributed by atoms with Crippen LogP contribution in [0.4, 0.5) is 0 Å². The van der Waals surface area contributed by atoms with Crippen molar-refractivity contribution in [3.8, 4) is 0 Å². The molecule has 0 spiro atoms. The molecule has 2 aliphatic rings. The molecule has 0 bridgehead atoms. The Morgan fingerprint density at radius 2 is 1.38 bits per heavy atom. The predicted molar refractivity (Wildman–Crippen MR) is 106 cm³/mol. The van der Waals surface area contributed by atoms with Crippen molar-refractivity contribution < 1.29 is 28.4 Å². The van der Waals surface area contributed by atoms with Crippen molar-refractivity contribution in [1.82, 2.24) is 0 Å². The molecule has 156 valence electrons. The summed E-state index contributed by atoms with van der Waals surface area (Å²) < 4.78 is 36.0. The van der Waals surface area contributed by atoms with Crippen LogP contribution in [0.25, 0.3) is 0 Å². The predicted octanol–water partition coefficient (Wildman–Crippen LogP) is 3.64. The highest BCUT2D eigenvalue weighted by Gasteiger charge is 2.56. The topological polar surface area (TPSA) is 55.4 Å². The molecule has 0 unspecified atom stereocenters. The Kier molecular flexibility index (Phi) is 6.29. The monoisotopic (exact) mass is 400 g/mol. The third-order valence-electron chi connectivity index (χ3n) is 5.35. The first-order valence-corrected chi connectivity index (χ1v) is 9.95. The number of ether oxygens (including phenoxy) is 6. The van der Waals surface area contributed by atoms with Crippen LogP contribution in [-0.2, 0) is 41.6 Å². The first-order chi connectivity index (χ1) is 14.1. The van der Waals surface area contributed by atoms with E-state index in [0.29, 0.717) is 13.2 Å². The molecule has 6 nitrogen and oxygen atoms in total. The zero-order chi connectivity index (χ0) is 20.3. The lowest BCUT2D eigenvalue weighted by Crippen LogP contribution is -2.57. The zero-order valence-electron chi connectivity index (χ0n) is 17.0. The van der Waals surface area contributed by atoms with Gasteiger partial charge in [0, 0.05) is 14.0 Å². The van der Waals surface area contributed by atoms with Gasteiger partial charge in [0.2, 0.25) is 0 Å². The maximum absolute atomic E-state index is 6.33. The number of benzene rings is 2. The van der Waals surface area contributed by atoms with Crippen LogP contribution in [0.15, 0.2) is 60.7 Å². The molecule has 0 radical (unpaired) electrons. The lowest BCUT2D eigenvalue weighted by Gasteiger charge is -2.41. The van der Waals surface area contributed by atoms with Crippen LogP contribution in [0.1, 0.15) is 25.0 Å². The molecule has 0 amide bonds. The Hall–Kier alpha value is -1.80. The van der Waals surface area contributed by atoms with E-state index in [4.69, 9.17) is 28.4 Å². The van der Waals surface area contributed by atoms with Gasteiger partial charge in [0.25, 0.3) is 5.97 Å². The smallest absolute Gasteiger partial charge is 0.282 e. The molecule has 0 aromatic heterocycles. The molecule has 6 heteroatoms. The van der Waals surface area contributed by atoms with Crippen molar-refractivity contribution in [2.75, 3.05) is 7.11 Å². The Bertz CT molecular complexity index is 769. The highest BCUT2D eigenvalue weighted by atomic mass is 16.9. The number of methoxy groups -OCH3 is 1. The van der Waals surface area contributed by atoms with Crippen molar-refractivity contribution in [2.45, 2.75) is 63.7 Å². The molecule has 2 aromatic carbocycles. The van der Waals surface area contributed by atoms with E-state index in [-0.39, 0.29) is 18.3 Å². The van der Waals surface area contributed by atoms with Crippen LogP contribution in [0.5, 0.6) is 0 Å². The highest BCUT2D eigenvalue weighted by molar-refractivity contribution is 5.14. The first-order valence-electron chi connectivity index (χ1n) is 9.95. The van der Waals surface area contributed by atoms with E-state index >= 15 is 0 Å². The van der Waals surface area contributed by atoms with Gasteiger partial charge in [-0.25, -0.2) is 0 Å². The number of hydrogen-bond acceptors (Lipinski definition) is 6. The highest BCUT2D eigenvalue weighted by Crippen LogP contribution is 2.39. The van der Waals surface area contributed by atoms with Gasteiger partial charge in [-0.1, -0.05) is 60.7 Å². The standard InChI is InChI=1S/C23H28O6/c1-16-19(25-14-17-10-6-4-7-11-17)20(26-15-18-12-8-5-9-13-18)21-22(27-16)29-23(2,24-3)28-21/h4-13,16,19-22H,14-15H2,1-3H3/t16-,19-,20+,21+,22+,23-/m0/s1. The van der Waals surface area contributed by atoms with E-state index in [1.165, 1.54) is 0 Å². The number of fused-ring (bicyclic) bond motifs is 1. The average Bonchev–Trinajstić information content (AvgIpc) is 3.09. The summed E-state index contributed by atoms with van der Waals surface area (Å²) in [6.07, 6.45) is -1.95. The van der Waals surface area contributed by atoms with Crippen molar-refractivity contribution >= 4 is 0 Å². The van der Waals surface area contributed by atoms with Gasteiger partial charge < -0.3 is 23.7 Å². The van der Waals surface area contributed by atoms with Gasteiger partial charge >= 0.3 is 0 Å². The summed E-state index contributed by atoms with van der Waals surface area (Å²) in [5.41, 5.74) is 2.17. The van der Waals surface area contributed by atoms with E-state index in [1.54, 1.807) is 14.0 Å². The molecular weight excluding hydrogens is 372 g/mol. The van der Waals surface area contributed by atoms with Crippen LogP contribution in [0, 0.1) is 0 Å². The van der Waals surface area contributed by atoms with Gasteiger partial charge in [-0.3, -0.25) is 4.74 Å². The van der Waals surface area contributed by atoms with Crippen molar-refractivity contribution in [1.29, 1.82) is 0 Å². The van der Waals surface area contributed by atoms with Crippen LogP contribution < -0.4 is 0 Å². The summed E-state index contributed by atoms with van der Waals surface area (Å²) in [5, 5.41) is 0. The van der Waals surface area contributed by atoms with E-state index in [2.05, 4.69) is 0 Å². The summed E-state index contributed by atoms with van der Waals surface area (Å²) >= 11 is 0. The van der Waals surface area contributed by atoms with Crippen molar-refractivity contribution in [3.05, 3.63) is 71.8 Å². The second-order valence-corrected chi connectivity index (χ2v) is 7.50. The second kappa shape index (κ2) is 8.92. The van der Waals surface area contributed by atoms with Gasteiger partial charge in [0.1, 0.15) is 18.3 Å². The molecule has 6 atom stereocenters. The minimum atomic E-state index is -1.17. The molecule has 0 N–H and O–H groups in total. The maximum atomic E-state index is 6.33. The summed E-state index contributed by atoms with van der Waals surface area (Å²) in [6, 6.07) is 20.1. The Balaban J connectivity index is 1.52. The van der Waals surface area contributed by atoms with E-state index < -0.39 is 18.4 Å². The summed E-state index contributed by atoms with van der Waals surface area (Å²) in [7, 11) is 1.55. The summed E-state index contributed by atoms with van der Waals surface area (Å²) in [4.78, 5) is 0. The van der Waals surface area contributed by atoms with Crippen LogP contribution in [0.2, 0.25) is 0 Å². The minimum absolute atomic E-state index is 0.233. The molecule has 2 aliphatic heterocycles. The lowest BCUT2D eigenvalue weighted by atomic mass is 9.99. The van der Waals surface area contributed by atoms with Gasteiger partial charge in [-0.2, -0.15) is 0 Å². The molecule has 2 fully saturated rings. The molecular formula is C23H28O6. The van der Waals surface area contributed by atoms with Crippen molar-refractivity contribution in [2.24, 2.45) is 0 Å². The van der Waals surface area contributed by atoms with Crippen LogP contribution >= 0.6 is 0 Å². The van der Waals surface area contributed by atoms with Crippen molar-refractivity contribution in [3.63, 3.8) is 0 Å². The fourth-order valence-corrected chi connectivity index (χ4v) is 3.73. The molecule has 2 saturated heterocycles. The summed E-state index contributed by atoms with van der Waals surface area (Å²) in [6.45, 7) is 4.61. The first kappa shape index (κ1) is 20.5. The third kappa shape index (κ3) is 4.69. The Morgan fingerprint density at radius 3 is 1.93 bits per heavy atom. The lowest BCUT2D eigenvalue weighted by molar-refractivity contribution is -0.333. The quantitative estimate of drug-likeness (QED) is 0.707. The molecule has 4 rings (SSSR count). The van der Waals surface area contributed by atoms with Crippen LogP contribution in [0.3, 0.4) is 0 Å². The molecule has 0 aliphatic carbocycles. The van der Waals surface area contributed by atoms with E-state index in [1.807, 2.05) is 67.6 Å². The average molecular weight is 400 g/mol. The molecule has 29 heavy (non-hydrogen) atoms. The van der Waals surface area contributed by atoms with Gasteiger partial charge in [-0.15, -0.1) is 0 Å². The third-order valence-corrected chi connectivity index (χ3v) is 5.35. The SMILES string of the molecule is CO[C@]1(C)O[C@H]2O[C@@H](C)[C@H](OCc3ccccc3)[C@@H](OCc3ccccc3)[C@H]2O1. The largest absolute Gasteiger partial charge is 0.368 e. The van der Waals surface area contributed by atoms with Gasteiger partial charge in [0.05, 0.1) is 19.3 Å². The van der Waals surface area contributed by atoms with E-state index in [9.17, 15) is 0 Å². The Labute approximate surface area is 171 Å². The molecule has 2 aromatic rings. The Morgan fingerprint density at radius 1 is 0.828 bits per heavy atom. The molecule has 0 saturated carbocycles. The van der Waals surface area contributed by atoms with Crippen LogP contribution in [-0.4, -0.2) is 43.8 Å². The maximum Gasteiger partial charge on any atom is 0.282 e. The fourth-order valence-electron chi connectivity index (χ4n) is 3.73. The minimum Gasteiger partial charge on any atom is -0.368 e. The number of rotatable bonds is 7. The van der Waals surface area contributed by atoms with Gasteiger partial charge in [0.15, 0.2) is 6.29 Å². The van der Waals surface area contributed by atoms with Gasteiger partial charge in [-0.05, 0) is 18.1 Å². The summed E-state index contributed by atoms with van der Waals surface area (Å²) in [5.74, 6) is -1.17.